The van der Waals surface area contributed by atoms with Gasteiger partial charge in [0.05, 0.1) is 16.3 Å². The molecular weight excluding hydrogens is 382 g/mol. The lowest BCUT2D eigenvalue weighted by molar-refractivity contribution is -0.384. The summed E-state index contributed by atoms with van der Waals surface area (Å²) in [7, 11) is 0. The molecule has 0 unspecified atom stereocenters. The predicted octanol–water partition coefficient (Wildman–Crippen LogP) is 6.56. The summed E-state index contributed by atoms with van der Waals surface area (Å²) in [5.74, 6) is 0. The van der Waals surface area contributed by atoms with Crippen molar-refractivity contribution < 1.29 is 4.92 Å². The van der Waals surface area contributed by atoms with Crippen molar-refractivity contribution in [1.82, 2.24) is 4.57 Å². The van der Waals surface area contributed by atoms with Gasteiger partial charge in [-0.05, 0) is 49.6 Å². The van der Waals surface area contributed by atoms with Gasteiger partial charge in [-0.2, -0.15) is 0 Å². The zero-order valence-electron chi connectivity index (χ0n) is 16.6. The van der Waals surface area contributed by atoms with Gasteiger partial charge in [0.15, 0.2) is 4.80 Å². The van der Waals surface area contributed by atoms with E-state index >= 15 is 0 Å². The van der Waals surface area contributed by atoms with Gasteiger partial charge in [0.2, 0.25) is 0 Å². The molecule has 150 valence electrons. The monoisotopic (exact) mass is 407 g/mol. The molecule has 0 bridgehead atoms. The van der Waals surface area contributed by atoms with Crippen LogP contribution in [0.3, 0.4) is 0 Å². The number of non-ortho nitro benzene ring substituents is 1. The predicted molar refractivity (Wildman–Crippen MR) is 118 cm³/mol. The molecule has 0 atom stereocenters. The quantitative estimate of drug-likeness (QED) is 0.279. The SMILES string of the molecule is Cc1ccc(N=c2scc(-c3ccc([N+](=O)[O-])cc3)n2C2CCCCCC2)cc1. The Morgan fingerprint density at radius 2 is 1.66 bits per heavy atom. The number of nitro groups is 1. The molecule has 0 aliphatic heterocycles. The van der Waals surface area contributed by atoms with Crippen LogP contribution in [0.5, 0.6) is 0 Å². The lowest BCUT2D eigenvalue weighted by Gasteiger charge is -2.20. The van der Waals surface area contributed by atoms with E-state index in [1.54, 1.807) is 23.5 Å². The summed E-state index contributed by atoms with van der Waals surface area (Å²) in [5.41, 5.74) is 4.40. The van der Waals surface area contributed by atoms with Crippen molar-refractivity contribution in [3.8, 4) is 11.3 Å². The van der Waals surface area contributed by atoms with Gasteiger partial charge in [0.25, 0.3) is 5.69 Å². The van der Waals surface area contributed by atoms with E-state index in [0.717, 1.165) is 34.6 Å². The summed E-state index contributed by atoms with van der Waals surface area (Å²) >= 11 is 1.64. The molecule has 1 saturated carbocycles. The highest BCUT2D eigenvalue weighted by atomic mass is 32.1. The van der Waals surface area contributed by atoms with Crippen LogP contribution in [-0.4, -0.2) is 9.49 Å². The van der Waals surface area contributed by atoms with Gasteiger partial charge >= 0.3 is 0 Å². The molecule has 29 heavy (non-hydrogen) atoms. The summed E-state index contributed by atoms with van der Waals surface area (Å²) in [6, 6.07) is 15.6. The number of benzene rings is 2. The van der Waals surface area contributed by atoms with Crippen LogP contribution in [0.4, 0.5) is 11.4 Å². The van der Waals surface area contributed by atoms with Crippen LogP contribution >= 0.6 is 11.3 Å². The Morgan fingerprint density at radius 3 is 2.28 bits per heavy atom. The molecule has 1 aliphatic rings. The van der Waals surface area contributed by atoms with Crippen LogP contribution in [0.25, 0.3) is 11.3 Å². The number of aromatic nitrogens is 1. The minimum absolute atomic E-state index is 0.120. The lowest BCUT2D eigenvalue weighted by Crippen LogP contribution is -2.21. The van der Waals surface area contributed by atoms with Crippen molar-refractivity contribution in [2.24, 2.45) is 4.99 Å². The highest BCUT2D eigenvalue weighted by molar-refractivity contribution is 7.07. The molecule has 0 N–H and O–H groups in total. The molecule has 5 nitrogen and oxygen atoms in total. The smallest absolute Gasteiger partial charge is 0.269 e. The summed E-state index contributed by atoms with van der Waals surface area (Å²) < 4.78 is 2.37. The van der Waals surface area contributed by atoms with Gasteiger partial charge in [0, 0.05) is 23.6 Å². The molecule has 4 rings (SSSR count). The number of thiazole rings is 1. The maximum Gasteiger partial charge on any atom is 0.269 e. The third-order valence-corrected chi connectivity index (χ3v) is 6.40. The summed E-state index contributed by atoms with van der Waals surface area (Å²) in [5, 5.41) is 13.2. The first kappa shape index (κ1) is 19.6. The van der Waals surface area contributed by atoms with Gasteiger partial charge < -0.3 is 4.57 Å². The summed E-state index contributed by atoms with van der Waals surface area (Å²) in [4.78, 5) is 16.6. The third kappa shape index (κ3) is 4.48. The topological polar surface area (TPSA) is 60.4 Å². The van der Waals surface area contributed by atoms with Crippen molar-refractivity contribution in [3.63, 3.8) is 0 Å². The molecule has 6 heteroatoms. The largest absolute Gasteiger partial charge is 0.313 e. The number of nitro benzene ring substituents is 1. The maximum atomic E-state index is 11.0. The van der Waals surface area contributed by atoms with E-state index in [1.165, 1.54) is 31.2 Å². The van der Waals surface area contributed by atoms with E-state index in [1.807, 2.05) is 12.1 Å². The Hall–Kier alpha value is -2.73. The van der Waals surface area contributed by atoms with Gasteiger partial charge in [-0.1, -0.05) is 43.4 Å². The maximum absolute atomic E-state index is 11.0. The first-order chi connectivity index (χ1) is 14.1. The number of rotatable bonds is 4. The number of aryl methyl sites for hydroxylation is 1. The standard InChI is InChI=1S/C23H25N3O2S/c1-17-8-12-19(13-9-17)24-23-25(20-6-4-2-3-5-7-20)22(16-29-23)18-10-14-21(15-11-18)26(27)28/h8-16,20H,2-7H2,1H3. The highest BCUT2D eigenvalue weighted by Crippen LogP contribution is 2.32. The van der Waals surface area contributed by atoms with E-state index in [9.17, 15) is 10.1 Å². The van der Waals surface area contributed by atoms with Gasteiger partial charge in [-0.15, -0.1) is 11.3 Å². The minimum Gasteiger partial charge on any atom is -0.313 e. The van der Waals surface area contributed by atoms with Crippen molar-refractivity contribution in [2.75, 3.05) is 0 Å². The lowest BCUT2D eigenvalue weighted by atomic mass is 10.1. The van der Waals surface area contributed by atoms with E-state index in [-0.39, 0.29) is 10.6 Å². The molecule has 1 fully saturated rings. The molecule has 3 aromatic rings. The van der Waals surface area contributed by atoms with Crippen molar-refractivity contribution >= 4 is 22.7 Å². The van der Waals surface area contributed by atoms with Crippen LogP contribution in [0, 0.1) is 17.0 Å². The third-order valence-electron chi connectivity index (χ3n) is 5.56. The normalized spacial score (nSPS) is 16.0. The molecule has 2 aromatic carbocycles. The van der Waals surface area contributed by atoms with Gasteiger partial charge in [0.1, 0.15) is 0 Å². The second-order valence-corrected chi connectivity index (χ2v) is 8.51. The Balaban J connectivity index is 1.81. The van der Waals surface area contributed by atoms with Crippen LogP contribution in [-0.2, 0) is 0 Å². The van der Waals surface area contributed by atoms with E-state index in [2.05, 4.69) is 41.1 Å². The molecule has 1 aliphatic carbocycles. The Morgan fingerprint density at radius 1 is 1.00 bits per heavy atom. The van der Waals surface area contributed by atoms with Crippen LogP contribution in [0.2, 0.25) is 0 Å². The zero-order chi connectivity index (χ0) is 20.2. The summed E-state index contributed by atoms with van der Waals surface area (Å²) in [6.45, 7) is 2.08. The van der Waals surface area contributed by atoms with Crippen LogP contribution in [0.1, 0.15) is 50.1 Å². The van der Waals surface area contributed by atoms with Crippen LogP contribution < -0.4 is 4.80 Å². The number of hydrogen-bond donors (Lipinski definition) is 0. The number of nitrogens with zero attached hydrogens (tertiary/aromatic N) is 3. The van der Waals surface area contributed by atoms with E-state index < -0.39 is 0 Å². The minimum atomic E-state index is -0.352. The molecule has 1 heterocycles. The first-order valence-corrected chi connectivity index (χ1v) is 11.1. The molecule has 0 spiro atoms. The van der Waals surface area contributed by atoms with E-state index in [4.69, 9.17) is 4.99 Å². The molecule has 0 saturated heterocycles. The number of hydrogen-bond acceptors (Lipinski definition) is 4. The zero-order valence-corrected chi connectivity index (χ0v) is 17.4. The summed E-state index contributed by atoms with van der Waals surface area (Å²) in [6.07, 6.45) is 7.35. The van der Waals surface area contributed by atoms with Gasteiger partial charge in [-0.3, -0.25) is 10.1 Å². The fourth-order valence-electron chi connectivity index (χ4n) is 3.97. The Bertz CT molecular complexity index is 1040. The van der Waals surface area contributed by atoms with E-state index in [0.29, 0.717) is 6.04 Å². The van der Waals surface area contributed by atoms with Crippen molar-refractivity contribution in [1.29, 1.82) is 0 Å². The first-order valence-electron chi connectivity index (χ1n) is 10.2. The fourth-order valence-corrected chi connectivity index (χ4v) is 4.95. The second-order valence-electron chi connectivity index (χ2n) is 7.67. The van der Waals surface area contributed by atoms with Crippen LogP contribution in [0.15, 0.2) is 58.9 Å². The average molecular weight is 408 g/mol. The second kappa shape index (κ2) is 8.74. The molecule has 1 aromatic heterocycles. The van der Waals surface area contributed by atoms with Crippen molar-refractivity contribution in [3.05, 3.63) is 74.4 Å². The molecule has 0 radical (unpaired) electrons. The molecule has 0 amide bonds. The average Bonchev–Trinajstić information content (AvgIpc) is 2.95. The fraction of sp³-hybridized carbons (Fsp3) is 0.348. The van der Waals surface area contributed by atoms with Gasteiger partial charge in [-0.25, -0.2) is 4.99 Å². The Labute approximate surface area is 174 Å². The Kier molecular flexibility index (Phi) is 5.90. The van der Waals surface area contributed by atoms with Crippen molar-refractivity contribution in [2.45, 2.75) is 51.5 Å². The molecular formula is C23H25N3O2S. The highest BCUT2D eigenvalue weighted by Gasteiger charge is 2.20.